The van der Waals surface area contributed by atoms with Gasteiger partial charge in [-0.25, -0.2) is 0 Å². The van der Waals surface area contributed by atoms with Crippen LogP contribution in [0.4, 0.5) is 0 Å². The van der Waals surface area contributed by atoms with Crippen molar-refractivity contribution in [3.05, 3.63) is 0 Å². The molecule has 4 fully saturated rings. The zero-order valence-electron chi connectivity index (χ0n) is 24.3. The van der Waals surface area contributed by atoms with Crippen molar-refractivity contribution in [1.29, 1.82) is 0 Å². The van der Waals surface area contributed by atoms with E-state index in [0.717, 1.165) is 32.7 Å². The smallest absolute Gasteiger partial charge is 0.245 e. The van der Waals surface area contributed by atoms with Crippen molar-refractivity contribution in [1.82, 2.24) is 20.0 Å². The molecule has 0 radical (unpaired) electrons. The summed E-state index contributed by atoms with van der Waals surface area (Å²) in [4.78, 5) is 34.1. The summed E-state index contributed by atoms with van der Waals surface area (Å²) in [6.45, 7) is 19.6. The first-order valence-corrected chi connectivity index (χ1v) is 14.9. The lowest BCUT2D eigenvalue weighted by Gasteiger charge is -2.54. The first-order chi connectivity index (χ1) is 17.5. The molecule has 0 aromatic heterocycles. The Bertz CT molecular complexity index is 787. The highest BCUT2D eigenvalue weighted by Gasteiger charge is 2.51. The SMILES string of the molecule is CC(C)C[C@@H]1NCCN([C@@H](CC(C)C)C(=O)N2CCC3(CC2(C)C)OCC(CN2CCCC2)CO3)C1=O. The third-order valence-electron chi connectivity index (χ3n) is 8.68. The summed E-state index contributed by atoms with van der Waals surface area (Å²) < 4.78 is 12.9. The average Bonchev–Trinajstić information content (AvgIpc) is 3.33. The third-order valence-corrected chi connectivity index (χ3v) is 8.68. The van der Waals surface area contributed by atoms with Gasteiger partial charge in [0.1, 0.15) is 6.04 Å². The molecule has 0 unspecified atom stereocenters. The van der Waals surface area contributed by atoms with E-state index in [1.165, 1.54) is 25.9 Å². The van der Waals surface area contributed by atoms with Crippen LogP contribution in [0.25, 0.3) is 0 Å². The van der Waals surface area contributed by atoms with E-state index in [-0.39, 0.29) is 17.9 Å². The maximum atomic E-state index is 14.2. The molecule has 8 heteroatoms. The zero-order chi connectivity index (χ0) is 26.8. The van der Waals surface area contributed by atoms with E-state index in [1.807, 2.05) is 9.80 Å². The Morgan fingerprint density at radius 3 is 2.30 bits per heavy atom. The number of carbonyl (C=O) groups excluding carboxylic acids is 2. The molecule has 0 saturated carbocycles. The lowest BCUT2D eigenvalue weighted by Crippen LogP contribution is -2.66. The van der Waals surface area contributed by atoms with E-state index in [9.17, 15) is 9.59 Å². The minimum atomic E-state index is -0.609. The van der Waals surface area contributed by atoms with E-state index in [4.69, 9.17) is 9.47 Å². The van der Waals surface area contributed by atoms with Crippen molar-refractivity contribution < 1.29 is 19.1 Å². The summed E-state index contributed by atoms with van der Waals surface area (Å²) >= 11 is 0. The van der Waals surface area contributed by atoms with Crippen LogP contribution in [0.2, 0.25) is 0 Å². The minimum Gasteiger partial charge on any atom is -0.349 e. The van der Waals surface area contributed by atoms with Gasteiger partial charge in [-0.15, -0.1) is 0 Å². The Kier molecular flexibility index (Phi) is 9.25. The Morgan fingerprint density at radius 1 is 1.03 bits per heavy atom. The fraction of sp³-hybridized carbons (Fsp3) is 0.931. The third kappa shape index (κ3) is 6.87. The van der Waals surface area contributed by atoms with Gasteiger partial charge in [0.25, 0.3) is 0 Å². The van der Waals surface area contributed by atoms with Gasteiger partial charge in [0, 0.05) is 50.5 Å². The predicted molar refractivity (Wildman–Crippen MR) is 145 cm³/mol. The second-order valence-electron chi connectivity index (χ2n) is 13.4. The number of rotatable bonds is 8. The molecular formula is C29H52N4O4. The molecule has 0 aromatic rings. The molecular weight excluding hydrogens is 468 g/mol. The Labute approximate surface area is 224 Å². The molecule has 4 saturated heterocycles. The van der Waals surface area contributed by atoms with Gasteiger partial charge in [-0.3, -0.25) is 9.59 Å². The fourth-order valence-corrected chi connectivity index (χ4v) is 6.86. The van der Waals surface area contributed by atoms with Crippen LogP contribution in [0.3, 0.4) is 0 Å². The van der Waals surface area contributed by atoms with Crippen LogP contribution < -0.4 is 5.32 Å². The maximum Gasteiger partial charge on any atom is 0.245 e. The molecule has 0 aliphatic carbocycles. The number of piperidine rings is 1. The molecule has 2 atom stereocenters. The summed E-state index contributed by atoms with van der Waals surface area (Å²) in [7, 11) is 0. The van der Waals surface area contributed by atoms with Crippen molar-refractivity contribution >= 4 is 11.8 Å². The lowest BCUT2D eigenvalue weighted by atomic mass is 9.84. The van der Waals surface area contributed by atoms with Crippen LogP contribution in [0.15, 0.2) is 0 Å². The normalized spacial score (nSPS) is 32.1. The number of hydrogen-bond donors (Lipinski definition) is 1. The number of nitrogens with one attached hydrogen (secondary N) is 1. The van der Waals surface area contributed by atoms with E-state index >= 15 is 0 Å². The number of carbonyl (C=O) groups is 2. The number of nitrogens with zero attached hydrogens (tertiary/aromatic N) is 3. The maximum absolute atomic E-state index is 14.2. The summed E-state index contributed by atoms with van der Waals surface area (Å²) in [6, 6.07) is -0.623. The standard InChI is InChI=1S/C29H52N4O4/c1-21(2)15-24-26(34)32(14-10-30-24)25(16-22(3)4)27(35)33-13-9-29(20-28(33,5)6)36-18-23(19-37-29)17-31-11-7-8-12-31/h21-25,30H,7-20H2,1-6H3/t23?,24-,25-,29?/m0/s1. The van der Waals surface area contributed by atoms with Crippen LogP contribution in [0.5, 0.6) is 0 Å². The van der Waals surface area contributed by atoms with Gasteiger partial charge in [-0.2, -0.15) is 0 Å². The van der Waals surface area contributed by atoms with Crippen molar-refractivity contribution in [2.75, 3.05) is 52.5 Å². The number of piperazine rings is 1. The summed E-state index contributed by atoms with van der Waals surface area (Å²) in [5.74, 6) is 0.700. The molecule has 37 heavy (non-hydrogen) atoms. The first-order valence-electron chi connectivity index (χ1n) is 14.9. The van der Waals surface area contributed by atoms with Crippen molar-refractivity contribution in [3.8, 4) is 0 Å². The quantitative estimate of drug-likeness (QED) is 0.530. The molecule has 0 aromatic carbocycles. The zero-order valence-corrected chi connectivity index (χ0v) is 24.3. The van der Waals surface area contributed by atoms with E-state index in [1.54, 1.807) is 0 Å². The Hall–Kier alpha value is -1.22. The van der Waals surface area contributed by atoms with Gasteiger partial charge in [-0.1, -0.05) is 27.7 Å². The van der Waals surface area contributed by atoms with Gasteiger partial charge in [-0.05, 0) is 64.5 Å². The second kappa shape index (κ2) is 11.9. The topological polar surface area (TPSA) is 74.3 Å². The summed E-state index contributed by atoms with van der Waals surface area (Å²) in [6.07, 6.45) is 5.41. The first kappa shape index (κ1) is 28.8. The van der Waals surface area contributed by atoms with Crippen molar-refractivity contribution in [3.63, 3.8) is 0 Å². The fourth-order valence-electron chi connectivity index (χ4n) is 6.86. The Morgan fingerprint density at radius 2 is 1.70 bits per heavy atom. The van der Waals surface area contributed by atoms with Crippen LogP contribution >= 0.6 is 0 Å². The summed E-state index contributed by atoms with van der Waals surface area (Å²) in [5.41, 5.74) is -0.416. The van der Waals surface area contributed by atoms with Crippen LogP contribution in [-0.4, -0.2) is 102 Å². The van der Waals surface area contributed by atoms with Gasteiger partial charge in [0.15, 0.2) is 5.79 Å². The van der Waals surface area contributed by atoms with Crippen LogP contribution in [0.1, 0.15) is 80.1 Å². The average molecular weight is 521 g/mol. The highest BCUT2D eigenvalue weighted by molar-refractivity contribution is 5.90. The van der Waals surface area contributed by atoms with Crippen LogP contribution in [-0.2, 0) is 19.1 Å². The molecule has 1 spiro atoms. The predicted octanol–water partition coefficient (Wildman–Crippen LogP) is 3.10. The van der Waals surface area contributed by atoms with E-state index < -0.39 is 17.4 Å². The molecule has 4 rings (SSSR count). The molecule has 4 aliphatic heterocycles. The Balaban J connectivity index is 1.41. The van der Waals surface area contributed by atoms with E-state index in [2.05, 4.69) is 51.8 Å². The second-order valence-corrected chi connectivity index (χ2v) is 13.4. The summed E-state index contributed by atoms with van der Waals surface area (Å²) in [5, 5.41) is 3.39. The number of amides is 2. The lowest BCUT2D eigenvalue weighted by molar-refractivity contribution is -0.310. The highest BCUT2D eigenvalue weighted by Crippen LogP contribution is 2.41. The number of hydrogen-bond acceptors (Lipinski definition) is 6. The van der Waals surface area contributed by atoms with Gasteiger partial charge in [0.05, 0.1) is 19.3 Å². The number of likely N-dealkylation sites (tertiary alicyclic amines) is 2. The van der Waals surface area contributed by atoms with Gasteiger partial charge in [0.2, 0.25) is 11.8 Å². The minimum absolute atomic E-state index is 0.0771. The number of ether oxygens (including phenoxy) is 2. The highest BCUT2D eigenvalue weighted by atomic mass is 16.7. The van der Waals surface area contributed by atoms with Gasteiger partial charge >= 0.3 is 0 Å². The molecule has 8 nitrogen and oxygen atoms in total. The molecule has 0 bridgehead atoms. The van der Waals surface area contributed by atoms with Crippen molar-refractivity contribution in [2.45, 2.75) is 103 Å². The van der Waals surface area contributed by atoms with Gasteiger partial charge < -0.3 is 29.5 Å². The molecule has 1 N–H and O–H groups in total. The molecule has 4 aliphatic rings. The molecule has 2 amide bonds. The van der Waals surface area contributed by atoms with Crippen molar-refractivity contribution in [2.24, 2.45) is 17.8 Å². The van der Waals surface area contributed by atoms with Crippen LogP contribution in [0, 0.1) is 17.8 Å². The molecule has 212 valence electrons. The largest absolute Gasteiger partial charge is 0.349 e. The monoisotopic (exact) mass is 520 g/mol. The molecule has 4 heterocycles. The van der Waals surface area contributed by atoms with E-state index in [0.29, 0.717) is 50.1 Å².